The first-order valence-corrected chi connectivity index (χ1v) is 8.23. The van der Waals surface area contributed by atoms with Crippen LogP contribution in [0.15, 0.2) is 18.2 Å². The van der Waals surface area contributed by atoms with Gasteiger partial charge in [-0.1, -0.05) is 66.2 Å². The topological polar surface area (TPSA) is 12.0 Å². The third kappa shape index (κ3) is 4.09. The van der Waals surface area contributed by atoms with Crippen molar-refractivity contribution >= 4 is 0 Å². The highest BCUT2D eigenvalue weighted by Crippen LogP contribution is 2.33. The van der Waals surface area contributed by atoms with Crippen molar-refractivity contribution in [3.63, 3.8) is 0 Å². The molecule has 0 aromatic heterocycles. The lowest BCUT2D eigenvalue weighted by atomic mass is 9.83. The molecule has 1 N–H and O–H groups in total. The summed E-state index contributed by atoms with van der Waals surface area (Å²) in [4.78, 5) is 0. The fourth-order valence-electron chi connectivity index (χ4n) is 3.10. The van der Waals surface area contributed by atoms with E-state index in [2.05, 4.69) is 72.1 Å². The van der Waals surface area contributed by atoms with Crippen molar-refractivity contribution in [3.05, 3.63) is 34.9 Å². The first kappa shape index (κ1) is 17.2. The molecule has 0 aliphatic carbocycles. The van der Waals surface area contributed by atoms with Gasteiger partial charge in [-0.2, -0.15) is 0 Å². The van der Waals surface area contributed by atoms with Crippen LogP contribution in [0.4, 0.5) is 0 Å². The van der Waals surface area contributed by atoms with Crippen LogP contribution in [0, 0.1) is 5.92 Å². The zero-order valence-electron chi connectivity index (χ0n) is 14.5. The molecule has 0 amide bonds. The first-order valence-electron chi connectivity index (χ1n) is 8.23. The van der Waals surface area contributed by atoms with Crippen LogP contribution in [0.2, 0.25) is 0 Å². The number of nitrogens with one attached hydrogen (secondary N) is 1. The molecule has 1 rings (SSSR count). The van der Waals surface area contributed by atoms with Crippen LogP contribution < -0.4 is 5.32 Å². The minimum absolute atomic E-state index is 0.466. The molecule has 0 aliphatic heterocycles. The van der Waals surface area contributed by atoms with Crippen molar-refractivity contribution in [1.29, 1.82) is 0 Å². The summed E-state index contributed by atoms with van der Waals surface area (Å²) in [5, 5.41) is 3.55. The summed E-state index contributed by atoms with van der Waals surface area (Å²) in [5.41, 5.74) is 4.46. The normalized spacial score (nSPS) is 14.8. The van der Waals surface area contributed by atoms with E-state index in [1.165, 1.54) is 29.5 Å². The first-order chi connectivity index (χ1) is 9.42. The van der Waals surface area contributed by atoms with Gasteiger partial charge in [0.05, 0.1) is 0 Å². The van der Waals surface area contributed by atoms with Gasteiger partial charge in [-0.3, -0.25) is 0 Å². The van der Waals surface area contributed by atoms with E-state index in [9.17, 15) is 0 Å². The number of rotatable bonds is 7. The third-order valence-corrected chi connectivity index (χ3v) is 4.36. The number of hydrogen-bond donors (Lipinski definition) is 1. The van der Waals surface area contributed by atoms with Crippen LogP contribution in [-0.2, 0) is 0 Å². The predicted octanol–water partition coefficient (Wildman–Crippen LogP) is 5.63. The highest BCUT2D eigenvalue weighted by Gasteiger charge is 2.21. The van der Waals surface area contributed by atoms with Crippen molar-refractivity contribution in [1.82, 2.24) is 5.32 Å². The molecule has 2 atom stereocenters. The Morgan fingerprint density at radius 2 is 1.60 bits per heavy atom. The van der Waals surface area contributed by atoms with Gasteiger partial charge < -0.3 is 5.32 Å². The van der Waals surface area contributed by atoms with E-state index in [0.717, 1.165) is 0 Å². The van der Waals surface area contributed by atoms with Crippen LogP contribution in [0.5, 0.6) is 0 Å². The second-order valence-electron chi connectivity index (χ2n) is 6.73. The van der Waals surface area contributed by atoms with Gasteiger partial charge in [0, 0.05) is 6.04 Å². The van der Waals surface area contributed by atoms with E-state index in [4.69, 9.17) is 0 Å². The van der Waals surface area contributed by atoms with Crippen LogP contribution >= 0.6 is 0 Å². The Balaban J connectivity index is 3.20. The van der Waals surface area contributed by atoms with Crippen molar-refractivity contribution < 1.29 is 0 Å². The van der Waals surface area contributed by atoms with Gasteiger partial charge >= 0.3 is 0 Å². The lowest BCUT2D eigenvalue weighted by molar-refractivity contribution is 0.381. The SMILES string of the molecule is CCCC(C)C(NC)c1ccc(C(C)C)cc1C(C)C. The molecule has 0 heterocycles. The number of benzene rings is 1. The van der Waals surface area contributed by atoms with Gasteiger partial charge in [-0.25, -0.2) is 0 Å². The molecule has 20 heavy (non-hydrogen) atoms. The zero-order valence-corrected chi connectivity index (χ0v) is 14.5. The second kappa shape index (κ2) is 7.83. The average molecular weight is 275 g/mol. The molecule has 0 radical (unpaired) electrons. The quantitative estimate of drug-likeness (QED) is 0.680. The molecular formula is C19H33N. The molecule has 1 heteroatoms. The molecule has 0 fully saturated rings. The molecule has 0 saturated carbocycles. The minimum Gasteiger partial charge on any atom is -0.313 e. The van der Waals surface area contributed by atoms with E-state index < -0.39 is 0 Å². The molecule has 0 spiro atoms. The van der Waals surface area contributed by atoms with Crippen molar-refractivity contribution in [3.8, 4) is 0 Å². The Morgan fingerprint density at radius 1 is 0.950 bits per heavy atom. The lowest BCUT2D eigenvalue weighted by Gasteiger charge is -2.28. The molecule has 114 valence electrons. The molecule has 2 unspecified atom stereocenters. The average Bonchev–Trinajstić information content (AvgIpc) is 2.39. The monoisotopic (exact) mass is 275 g/mol. The third-order valence-electron chi connectivity index (χ3n) is 4.36. The highest BCUT2D eigenvalue weighted by atomic mass is 14.9. The van der Waals surface area contributed by atoms with Crippen LogP contribution in [0.3, 0.4) is 0 Å². The van der Waals surface area contributed by atoms with E-state index in [1.807, 2.05) is 0 Å². The summed E-state index contributed by atoms with van der Waals surface area (Å²) in [6.45, 7) is 13.8. The van der Waals surface area contributed by atoms with E-state index >= 15 is 0 Å². The molecule has 0 saturated heterocycles. The summed E-state index contributed by atoms with van der Waals surface area (Å²) in [6.07, 6.45) is 2.52. The Bertz CT molecular complexity index is 406. The van der Waals surface area contributed by atoms with Gasteiger partial charge in [-0.15, -0.1) is 0 Å². The zero-order chi connectivity index (χ0) is 15.3. The van der Waals surface area contributed by atoms with Crippen LogP contribution in [-0.4, -0.2) is 7.05 Å². The standard InChI is InChI=1S/C19H33N/c1-8-9-15(6)19(20-7)17-11-10-16(13(2)3)12-18(17)14(4)5/h10-15,19-20H,8-9H2,1-7H3. The van der Waals surface area contributed by atoms with Crippen molar-refractivity contribution in [2.24, 2.45) is 5.92 Å². The Kier molecular flexibility index (Phi) is 6.75. The van der Waals surface area contributed by atoms with Gasteiger partial charge in [0.1, 0.15) is 0 Å². The molecule has 0 aliphatic rings. The largest absolute Gasteiger partial charge is 0.313 e. The maximum atomic E-state index is 3.55. The van der Waals surface area contributed by atoms with Gasteiger partial charge in [-0.05, 0) is 47.9 Å². The van der Waals surface area contributed by atoms with Crippen LogP contribution in [0.25, 0.3) is 0 Å². The maximum Gasteiger partial charge on any atom is 0.0346 e. The van der Waals surface area contributed by atoms with E-state index in [1.54, 1.807) is 0 Å². The van der Waals surface area contributed by atoms with Gasteiger partial charge in [0.2, 0.25) is 0 Å². The smallest absolute Gasteiger partial charge is 0.0346 e. The molecular weight excluding hydrogens is 242 g/mol. The Hall–Kier alpha value is -0.820. The summed E-state index contributed by atoms with van der Waals surface area (Å²) in [7, 11) is 2.09. The van der Waals surface area contributed by atoms with Gasteiger partial charge in [0.25, 0.3) is 0 Å². The molecule has 0 bridgehead atoms. The predicted molar refractivity (Wildman–Crippen MR) is 90.5 cm³/mol. The van der Waals surface area contributed by atoms with E-state index in [-0.39, 0.29) is 0 Å². The minimum atomic E-state index is 0.466. The maximum absolute atomic E-state index is 3.55. The molecule has 1 nitrogen and oxygen atoms in total. The summed E-state index contributed by atoms with van der Waals surface area (Å²) in [6, 6.07) is 7.56. The summed E-state index contributed by atoms with van der Waals surface area (Å²) in [5.74, 6) is 1.85. The fraction of sp³-hybridized carbons (Fsp3) is 0.684. The second-order valence-corrected chi connectivity index (χ2v) is 6.73. The van der Waals surface area contributed by atoms with Gasteiger partial charge in [0.15, 0.2) is 0 Å². The fourth-order valence-corrected chi connectivity index (χ4v) is 3.10. The molecule has 1 aromatic carbocycles. The highest BCUT2D eigenvalue weighted by molar-refractivity contribution is 5.37. The summed E-state index contributed by atoms with van der Waals surface area (Å²) >= 11 is 0. The lowest BCUT2D eigenvalue weighted by Crippen LogP contribution is -2.25. The Labute approximate surface area is 126 Å². The summed E-state index contributed by atoms with van der Waals surface area (Å²) < 4.78 is 0. The Morgan fingerprint density at radius 3 is 2.05 bits per heavy atom. The van der Waals surface area contributed by atoms with Crippen molar-refractivity contribution in [2.75, 3.05) is 7.05 Å². The van der Waals surface area contributed by atoms with E-state index in [0.29, 0.717) is 23.8 Å². The number of hydrogen-bond acceptors (Lipinski definition) is 1. The molecule has 1 aromatic rings. The van der Waals surface area contributed by atoms with Crippen molar-refractivity contribution in [2.45, 2.75) is 72.3 Å². The van der Waals surface area contributed by atoms with Crippen LogP contribution in [0.1, 0.15) is 89.0 Å².